The zero-order valence-corrected chi connectivity index (χ0v) is 15.2. The minimum absolute atomic E-state index is 0.000193. The molecule has 0 unspecified atom stereocenters. The molecule has 0 spiro atoms. The number of hydrogen-bond acceptors (Lipinski definition) is 5. The molecule has 0 bridgehead atoms. The summed E-state index contributed by atoms with van der Waals surface area (Å²) in [7, 11) is 1.60. The summed E-state index contributed by atoms with van der Waals surface area (Å²) < 4.78 is 6.73. The quantitative estimate of drug-likeness (QED) is 0.466. The van der Waals surface area contributed by atoms with Crippen molar-refractivity contribution >= 4 is 28.6 Å². The lowest BCUT2D eigenvalue weighted by Crippen LogP contribution is -2.30. The van der Waals surface area contributed by atoms with Crippen LogP contribution in [0.1, 0.15) is 31.7 Å². The zero-order valence-electron chi connectivity index (χ0n) is 14.4. The number of carbonyl (C=O) groups is 1. The number of nitrogens with one attached hydrogen (secondary N) is 1. The Kier molecular flexibility index (Phi) is 6.09. The van der Waals surface area contributed by atoms with E-state index in [0.29, 0.717) is 29.2 Å². The van der Waals surface area contributed by atoms with Gasteiger partial charge < -0.3 is 10.1 Å². The molecule has 6 nitrogen and oxygen atoms in total. The average molecular weight is 361 g/mol. The number of rotatable bonds is 7. The summed E-state index contributed by atoms with van der Waals surface area (Å²) in [5.74, 6) is 0.156. The highest BCUT2D eigenvalue weighted by molar-refractivity contribution is 7.99. The molecule has 1 fully saturated rings. The maximum atomic E-state index is 13.0. The average Bonchev–Trinajstić information content (AvgIpc) is 3.14. The number of benzene rings is 1. The lowest BCUT2D eigenvalue weighted by Gasteiger charge is -2.18. The summed E-state index contributed by atoms with van der Waals surface area (Å²) in [6.07, 6.45) is 4.25. The first kappa shape index (κ1) is 17.9. The maximum Gasteiger partial charge on any atom is 0.262 e. The minimum atomic E-state index is -0.0811. The van der Waals surface area contributed by atoms with Gasteiger partial charge in [-0.2, -0.15) is 0 Å². The summed E-state index contributed by atoms with van der Waals surface area (Å²) in [5, 5.41) is 4.07. The normalized spacial score (nSPS) is 14.9. The van der Waals surface area contributed by atoms with Crippen LogP contribution in [0.4, 0.5) is 0 Å². The van der Waals surface area contributed by atoms with E-state index in [1.54, 1.807) is 7.11 Å². The van der Waals surface area contributed by atoms with Gasteiger partial charge in [-0.25, -0.2) is 4.98 Å². The SMILES string of the molecule is COCCNC(=O)CSc1nc2ccccc2c(=O)n1C1CCCC1. The standard InChI is InChI=1S/C18H23N3O3S/c1-24-11-10-19-16(22)12-25-18-20-15-9-5-4-8-14(15)17(23)21(18)13-6-2-3-7-13/h4-5,8-9,13H,2-3,6-7,10-12H2,1H3,(H,19,22). The van der Waals surface area contributed by atoms with Crippen molar-refractivity contribution in [2.45, 2.75) is 36.9 Å². The maximum absolute atomic E-state index is 13.0. The number of methoxy groups -OCH3 is 1. The predicted molar refractivity (Wildman–Crippen MR) is 99.1 cm³/mol. The summed E-state index contributed by atoms with van der Waals surface area (Å²) in [5.41, 5.74) is 0.684. The predicted octanol–water partition coefficient (Wildman–Crippen LogP) is 2.37. The minimum Gasteiger partial charge on any atom is -0.383 e. The van der Waals surface area contributed by atoms with Crippen LogP contribution in [0, 0.1) is 0 Å². The Bertz CT molecular complexity index is 800. The molecule has 1 aromatic heterocycles. The van der Waals surface area contributed by atoms with Gasteiger partial charge in [0.05, 0.1) is 23.3 Å². The second kappa shape index (κ2) is 8.49. The van der Waals surface area contributed by atoms with Crippen LogP contribution >= 0.6 is 11.8 Å². The molecule has 2 aromatic rings. The third kappa shape index (κ3) is 4.22. The van der Waals surface area contributed by atoms with Gasteiger partial charge in [-0.15, -0.1) is 0 Å². The van der Waals surface area contributed by atoms with Crippen LogP contribution in [0.5, 0.6) is 0 Å². The Balaban J connectivity index is 1.86. The van der Waals surface area contributed by atoms with E-state index in [1.807, 2.05) is 28.8 Å². The molecular weight excluding hydrogens is 338 g/mol. The topological polar surface area (TPSA) is 73.2 Å². The number of ether oxygens (including phenoxy) is 1. The van der Waals surface area contributed by atoms with E-state index >= 15 is 0 Å². The molecule has 134 valence electrons. The number of amides is 1. The molecule has 1 heterocycles. The van der Waals surface area contributed by atoms with Crippen LogP contribution in [0.2, 0.25) is 0 Å². The number of aromatic nitrogens is 2. The number of para-hydroxylation sites is 1. The first-order valence-electron chi connectivity index (χ1n) is 8.60. The van der Waals surface area contributed by atoms with E-state index in [2.05, 4.69) is 10.3 Å². The smallest absolute Gasteiger partial charge is 0.262 e. The Hall–Kier alpha value is -1.86. The molecule has 1 aliphatic carbocycles. The van der Waals surface area contributed by atoms with E-state index in [0.717, 1.165) is 25.7 Å². The Labute approximate surface area is 151 Å². The second-order valence-corrected chi connectivity index (χ2v) is 7.10. The fraction of sp³-hybridized carbons (Fsp3) is 0.500. The third-order valence-corrected chi connectivity index (χ3v) is 5.38. The summed E-state index contributed by atoms with van der Waals surface area (Å²) in [4.78, 5) is 29.6. The van der Waals surface area contributed by atoms with Crippen molar-refractivity contribution in [1.29, 1.82) is 0 Å². The molecule has 1 amide bonds. The van der Waals surface area contributed by atoms with Crippen LogP contribution in [0.15, 0.2) is 34.2 Å². The molecule has 0 saturated heterocycles. The number of hydrogen-bond donors (Lipinski definition) is 1. The molecule has 1 aliphatic rings. The van der Waals surface area contributed by atoms with Gasteiger partial charge in [-0.3, -0.25) is 14.2 Å². The fourth-order valence-corrected chi connectivity index (χ4v) is 4.08. The van der Waals surface area contributed by atoms with E-state index in [4.69, 9.17) is 4.74 Å². The first-order valence-corrected chi connectivity index (χ1v) is 9.59. The van der Waals surface area contributed by atoms with Crippen molar-refractivity contribution in [3.05, 3.63) is 34.6 Å². The zero-order chi connectivity index (χ0) is 17.6. The highest BCUT2D eigenvalue weighted by Gasteiger charge is 2.23. The summed E-state index contributed by atoms with van der Waals surface area (Å²) >= 11 is 1.33. The van der Waals surface area contributed by atoms with Gasteiger partial charge in [0.2, 0.25) is 5.91 Å². The van der Waals surface area contributed by atoms with Crippen molar-refractivity contribution in [1.82, 2.24) is 14.9 Å². The van der Waals surface area contributed by atoms with Gasteiger partial charge in [0, 0.05) is 19.7 Å². The molecule has 25 heavy (non-hydrogen) atoms. The number of nitrogens with zero attached hydrogens (tertiary/aromatic N) is 2. The number of thioether (sulfide) groups is 1. The van der Waals surface area contributed by atoms with Gasteiger partial charge in [-0.1, -0.05) is 36.7 Å². The molecule has 0 aliphatic heterocycles. The Morgan fingerprint density at radius 3 is 2.88 bits per heavy atom. The lowest BCUT2D eigenvalue weighted by atomic mass is 10.2. The second-order valence-electron chi connectivity index (χ2n) is 6.16. The summed E-state index contributed by atoms with van der Waals surface area (Å²) in [6, 6.07) is 7.59. The van der Waals surface area contributed by atoms with Gasteiger partial charge >= 0.3 is 0 Å². The van der Waals surface area contributed by atoms with E-state index in [9.17, 15) is 9.59 Å². The van der Waals surface area contributed by atoms with Gasteiger partial charge in [0.1, 0.15) is 0 Å². The molecular formula is C18H23N3O3S. The van der Waals surface area contributed by atoms with Crippen molar-refractivity contribution in [3.63, 3.8) is 0 Å². The molecule has 0 radical (unpaired) electrons. The monoisotopic (exact) mass is 361 g/mol. The number of carbonyl (C=O) groups excluding carboxylic acids is 1. The molecule has 1 saturated carbocycles. The van der Waals surface area contributed by atoms with Crippen LogP contribution in [0.25, 0.3) is 10.9 Å². The molecule has 1 N–H and O–H groups in total. The van der Waals surface area contributed by atoms with E-state index in [-0.39, 0.29) is 23.3 Å². The highest BCUT2D eigenvalue weighted by atomic mass is 32.2. The van der Waals surface area contributed by atoms with Crippen molar-refractivity contribution < 1.29 is 9.53 Å². The highest BCUT2D eigenvalue weighted by Crippen LogP contribution is 2.32. The molecule has 0 atom stereocenters. The Morgan fingerprint density at radius 1 is 1.36 bits per heavy atom. The van der Waals surface area contributed by atoms with Crippen LogP contribution in [-0.4, -0.2) is 41.5 Å². The summed E-state index contributed by atoms with van der Waals surface area (Å²) in [6.45, 7) is 0.966. The lowest BCUT2D eigenvalue weighted by molar-refractivity contribution is -0.118. The Morgan fingerprint density at radius 2 is 2.12 bits per heavy atom. The third-order valence-electron chi connectivity index (χ3n) is 4.43. The van der Waals surface area contributed by atoms with Crippen molar-refractivity contribution in [2.75, 3.05) is 26.0 Å². The molecule has 1 aromatic carbocycles. The van der Waals surface area contributed by atoms with Crippen molar-refractivity contribution in [2.24, 2.45) is 0 Å². The van der Waals surface area contributed by atoms with Gasteiger partial charge in [0.25, 0.3) is 5.56 Å². The largest absolute Gasteiger partial charge is 0.383 e. The van der Waals surface area contributed by atoms with Gasteiger partial charge in [0.15, 0.2) is 5.16 Å². The van der Waals surface area contributed by atoms with E-state index < -0.39 is 0 Å². The van der Waals surface area contributed by atoms with Crippen LogP contribution < -0.4 is 10.9 Å². The number of fused-ring (bicyclic) bond motifs is 1. The van der Waals surface area contributed by atoms with Gasteiger partial charge in [-0.05, 0) is 25.0 Å². The molecule has 3 rings (SSSR count). The fourth-order valence-electron chi connectivity index (χ4n) is 3.19. The van der Waals surface area contributed by atoms with Crippen LogP contribution in [-0.2, 0) is 9.53 Å². The first-order chi connectivity index (χ1) is 12.2. The van der Waals surface area contributed by atoms with Crippen molar-refractivity contribution in [3.8, 4) is 0 Å². The van der Waals surface area contributed by atoms with Crippen LogP contribution in [0.3, 0.4) is 0 Å². The van der Waals surface area contributed by atoms with E-state index in [1.165, 1.54) is 11.8 Å². The molecule has 7 heteroatoms.